The minimum atomic E-state index is -2.93. The van der Waals surface area contributed by atoms with Crippen LogP contribution in [0.1, 0.15) is 19.8 Å². The van der Waals surface area contributed by atoms with Crippen molar-refractivity contribution in [3.8, 4) is 0 Å². The topological polar surface area (TPSA) is 101 Å². The van der Waals surface area contributed by atoms with Crippen molar-refractivity contribution >= 4 is 15.8 Å². The summed E-state index contributed by atoms with van der Waals surface area (Å²) in [5.41, 5.74) is 4.55. The largest absolute Gasteiger partial charge is 0.480 e. The molecule has 0 spiro atoms. The number of nitrogens with two attached hydrogens (primary N) is 1. The molecule has 0 aromatic heterocycles. The molecule has 0 amide bonds. The van der Waals surface area contributed by atoms with E-state index in [1.807, 2.05) is 4.90 Å². The lowest BCUT2D eigenvalue weighted by atomic mass is 10.0. The second-order valence-electron chi connectivity index (χ2n) is 4.58. The van der Waals surface area contributed by atoms with Crippen LogP contribution in [0, 0.1) is 0 Å². The van der Waals surface area contributed by atoms with Crippen LogP contribution in [0.2, 0.25) is 0 Å². The van der Waals surface area contributed by atoms with Crippen molar-refractivity contribution in [2.24, 2.45) is 5.73 Å². The van der Waals surface area contributed by atoms with Crippen LogP contribution in [0.4, 0.5) is 0 Å². The second kappa shape index (κ2) is 5.32. The molecule has 0 aromatic carbocycles. The summed E-state index contributed by atoms with van der Waals surface area (Å²) in [6, 6.07) is 0. The molecule has 0 radical (unpaired) electrons. The highest BCUT2D eigenvalue weighted by molar-refractivity contribution is 7.91. The summed E-state index contributed by atoms with van der Waals surface area (Å²) < 4.78 is 22.5. The molecule has 7 heteroatoms. The first-order valence-corrected chi connectivity index (χ1v) is 7.56. The minimum absolute atomic E-state index is 0.156. The molecular formula is C10H20N2O4S. The van der Waals surface area contributed by atoms with E-state index in [0.29, 0.717) is 32.5 Å². The van der Waals surface area contributed by atoms with E-state index in [1.165, 1.54) is 0 Å². The molecule has 100 valence electrons. The molecule has 1 atom stereocenters. The number of carbonyl (C=O) groups is 1. The Bertz CT molecular complexity index is 382. The van der Waals surface area contributed by atoms with E-state index >= 15 is 0 Å². The lowest BCUT2D eigenvalue weighted by Gasteiger charge is -2.19. The number of sulfone groups is 1. The average Bonchev–Trinajstić information content (AvgIpc) is 2.62. The first-order chi connectivity index (χ1) is 7.79. The van der Waals surface area contributed by atoms with Crippen molar-refractivity contribution in [2.45, 2.75) is 25.3 Å². The van der Waals surface area contributed by atoms with Gasteiger partial charge in [0.25, 0.3) is 0 Å². The van der Waals surface area contributed by atoms with Gasteiger partial charge in [0.1, 0.15) is 15.4 Å². The Morgan fingerprint density at radius 1 is 1.53 bits per heavy atom. The van der Waals surface area contributed by atoms with Crippen LogP contribution in [0.3, 0.4) is 0 Å². The van der Waals surface area contributed by atoms with Crippen LogP contribution in [0.5, 0.6) is 0 Å². The fraction of sp³-hybridized carbons (Fsp3) is 0.900. The van der Waals surface area contributed by atoms with E-state index in [2.05, 4.69) is 0 Å². The highest BCUT2D eigenvalue weighted by atomic mass is 32.2. The molecule has 6 nitrogen and oxygen atoms in total. The van der Waals surface area contributed by atoms with Gasteiger partial charge in [0, 0.05) is 18.8 Å². The van der Waals surface area contributed by atoms with Gasteiger partial charge >= 0.3 is 5.97 Å². The molecule has 1 unspecified atom stereocenters. The number of likely N-dealkylation sites (tertiary alicyclic amines) is 1. The van der Waals surface area contributed by atoms with E-state index < -0.39 is 21.3 Å². The van der Waals surface area contributed by atoms with Crippen LogP contribution in [-0.2, 0) is 14.6 Å². The lowest BCUT2D eigenvalue weighted by molar-refractivity contribution is -0.142. The normalized spacial score (nSPS) is 26.2. The molecule has 3 N–H and O–H groups in total. The molecule has 1 fully saturated rings. The molecule has 0 aromatic rings. The summed E-state index contributed by atoms with van der Waals surface area (Å²) in [5.74, 6) is -0.672. The maximum atomic E-state index is 11.3. The first-order valence-electron chi connectivity index (χ1n) is 5.74. The van der Waals surface area contributed by atoms with Gasteiger partial charge in [0.2, 0.25) is 0 Å². The van der Waals surface area contributed by atoms with Gasteiger partial charge in [-0.25, -0.2) is 8.42 Å². The first kappa shape index (κ1) is 14.4. The minimum Gasteiger partial charge on any atom is -0.480 e. The molecule has 0 bridgehead atoms. The van der Waals surface area contributed by atoms with E-state index in [9.17, 15) is 13.2 Å². The Morgan fingerprint density at radius 2 is 2.18 bits per heavy atom. The zero-order valence-electron chi connectivity index (χ0n) is 10.1. The van der Waals surface area contributed by atoms with Gasteiger partial charge in [-0.15, -0.1) is 0 Å². The maximum absolute atomic E-state index is 11.3. The summed E-state index contributed by atoms with van der Waals surface area (Å²) in [6.45, 7) is 3.13. The standard InChI is InChI=1S/C10H20N2O4S/c1-2-17(15,16)7-3-5-12-6-4-10(11,8-12)9(13)14/h2-8,11H2,1H3,(H,13,14). The third-order valence-electron chi connectivity index (χ3n) is 3.18. The van der Waals surface area contributed by atoms with E-state index in [0.717, 1.165) is 0 Å². The predicted octanol–water partition coefficient (Wildman–Crippen LogP) is -0.701. The molecule has 1 rings (SSSR count). The molecule has 1 aliphatic rings. The number of carboxylic acid groups (broad SMARTS) is 1. The van der Waals surface area contributed by atoms with Gasteiger partial charge in [-0.1, -0.05) is 6.92 Å². The van der Waals surface area contributed by atoms with Gasteiger partial charge in [0.15, 0.2) is 0 Å². The SMILES string of the molecule is CCS(=O)(=O)CCCN1CCC(N)(C(=O)O)C1. The zero-order chi connectivity index (χ0) is 13.1. The molecular weight excluding hydrogens is 244 g/mol. The number of hydrogen-bond donors (Lipinski definition) is 2. The van der Waals surface area contributed by atoms with Gasteiger partial charge < -0.3 is 15.7 Å². The zero-order valence-corrected chi connectivity index (χ0v) is 10.9. The highest BCUT2D eigenvalue weighted by Crippen LogP contribution is 2.19. The number of aliphatic carboxylic acids is 1. The van der Waals surface area contributed by atoms with Crippen LogP contribution < -0.4 is 5.73 Å². The summed E-state index contributed by atoms with van der Waals surface area (Å²) in [7, 11) is -2.93. The molecule has 17 heavy (non-hydrogen) atoms. The summed E-state index contributed by atoms with van der Waals surface area (Å²) in [5, 5.41) is 8.94. The number of rotatable bonds is 6. The Hall–Kier alpha value is -0.660. The van der Waals surface area contributed by atoms with Crippen LogP contribution in [0.25, 0.3) is 0 Å². The number of hydrogen-bond acceptors (Lipinski definition) is 5. The smallest absolute Gasteiger partial charge is 0.325 e. The Balaban J connectivity index is 2.35. The second-order valence-corrected chi connectivity index (χ2v) is 7.05. The predicted molar refractivity (Wildman–Crippen MR) is 64.6 cm³/mol. The fourth-order valence-electron chi connectivity index (χ4n) is 1.93. The van der Waals surface area contributed by atoms with E-state index in [-0.39, 0.29) is 11.5 Å². The van der Waals surface area contributed by atoms with Gasteiger partial charge in [-0.05, 0) is 19.4 Å². The Labute approximate surface area is 102 Å². The third kappa shape index (κ3) is 3.93. The van der Waals surface area contributed by atoms with Crippen LogP contribution in [0.15, 0.2) is 0 Å². The monoisotopic (exact) mass is 264 g/mol. The van der Waals surface area contributed by atoms with Gasteiger partial charge in [0.05, 0.1) is 5.75 Å². The third-order valence-corrected chi connectivity index (χ3v) is 4.97. The van der Waals surface area contributed by atoms with Crippen molar-refractivity contribution in [3.63, 3.8) is 0 Å². The van der Waals surface area contributed by atoms with E-state index in [4.69, 9.17) is 10.8 Å². The Kier molecular flexibility index (Phi) is 4.51. The average molecular weight is 264 g/mol. The van der Waals surface area contributed by atoms with Crippen LogP contribution >= 0.6 is 0 Å². The van der Waals surface area contributed by atoms with Crippen molar-refractivity contribution in [1.29, 1.82) is 0 Å². The molecule has 1 aliphatic heterocycles. The van der Waals surface area contributed by atoms with Crippen molar-refractivity contribution in [1.82, 2.24) is 4.90 Å². The quantitative estimate of drug-likeness (QED) is 0.658. The summed E-state index contributed by atoms with van der Waals surface area (Å²) in [6.07, 6.45) is 0.953. The van der Waals surface area contributed by atoms with Gasteiger partial charge in [-0.2, -0.15) is 0 Å². The number of carboxylic acids is 1. The van der Waals surface area contributed by atoms with Gasteiger partial charge in [-0.3, -0.25) is 4.79 Å². The fourth-order valence-corrected chi connectivity index (χ4v) is 2.79. The molecule has 0 aliphatic carbocycles. The van der Waals surface area contributed by atoms with Crippen molar-refractivity contribution in [2.75, 3.05) is 31.1 Å². The number of nitrogens with zero attached hydrogens (tertiary/aromatic N) is 1. The molecule has 1 heterocycles. The Morgan fingerprint density at radius 3 is 2.65 bits per heavy atom. The van der Waals surface area contributed by atoms with Crippen molar-refractivity contribution in [3.05, 3.63) is 0 Å². The lowest BCUT2D eigenvalue weighted by Crippen LogP contribution is -2.50. The summed E-state index contributed by atoms with van der Waals surface area (Å²) >= 11 is 0. The molecule has 0 saturated carbocycles. The summed E-state index contributed by atoms with van der Waals surface area (Å²) in [4.78, 5) is 12.8. The van der Waals surface area contributed by atoms with Crippen molar-refractivity contribution < 1.29 is 18.3 Å². The van der Waals surface area contributed by atoms with E-state index in [1.54, 1.807) is 6.92 Å². The van der Waals surface area contributed by atoms with Crippen LogP contribution in [-0.4, -0.2) is 61.1 Å². The maximum Gasteiger partial charge on any atom is 0.325 e. The highest BCUT2D eigenvalue weighted by Gasteiger charge is 2.40. The molecule has 1 saturated heterocycles.